The van der Waals surface area contributed by atoms with Crippen molar-refractivity contribution in [3.8, 4) is 0 Å². The Morgan fingerprint density at radius 3 is 2.94 bits per heavy atom. The van der Waals surface area contributed by atoms with Crippen molar-refractivity contribution < 1.29 is 10.2 Å². The van der Waals surface area contributed by atoms with Crippen LogP contribution < -0.4 is 5.32 Å². The van der Waals surface area contributed by atoms with Crippen molar-refractivity contribution in [3.63, 3.8) is 0 Å². The van der Waals surface area contributed by atoms with Crippen molar-refractivity contribution in [1.29, 1.82) is 0 Å². The summed E-state index contributed by atoms with van der Waals surface area (Å²) in [5.41, 5.74) is 1.14. The normalized spacial score (nSPS) is 14.4. The number of nitrogens with one attached hydrogen (secondary N) is 1. The number of hydrogen-bond acceptors (Lipinski definition) is 5. The number of pyridine rings is 1. The van der Waals surface area contributed by atoms with Gasteiger partial charge in [-0.1, -0.05) is 13.0 Å². The van der Waals surface area contributed by atoms with E-state index in [9.17, 15) is 5.11 Å². The van der Waals surface area contributed by atoms with E-state index in [4.69, 9.17) is 5.11 Å². The van der Waals surface area contributed by atoms with E-state index in [1.807, 2.05) is 12.1 Å². The Kier molecular flexibility index (Phi) is 7.27. The smallest absolute Gasteiger partial charge is 0.101 e. The number of thioether (sulfide) groups is 1. The number of rotatable bonds is 8. The zero-order chi connectivity index (χ0) is 13.4. The van der Waals surface area contributed by atoms with Crippen molar-refractivity contribution >= 4 is 11.8 Å². The van der Waals surface area contributed by atoms with Crippen LogP contribution in [0.25, 0.3) is 0 Å². The minimum Gasteiger partial charge on any atom is -0.394 e. The van der Waals surface area contributed by atoms with Gasteiger partial charge in [-0.05, 0) is 26.0 Å². The zero-order valence-corrected chi connectivity index (χ0v) is 11.8. The second-order valence-electron chi connectivity index (χ2n) is 4.22. The fourth-order valence-corrected chi connectivity index (χ4v) is 2.55. The van der Waals surface area contributed by atoms with Gasteiger partial charge in [0.1, 0.15) is 5.03 Å². The predicted molar refractivity (Wildman–Crippen MR) is 74.8 cm³/mol. The van der Waals surface area contributed by atoms with Crippen LogP contribution in [-0.2, 0) is 0 Å². The lowest BCUT2D eigenvalue weighted by atomic mass is 10.1. The molecular formula is C13H22N2O2S. The fraction of sp³-hybridized carbons (Fsp3) is 0.615. The highest BCUT2D eigenvalue weighted by Gasteiger charge is 2.12. The molecule has 0 saturated carbocycles. The molecule has 1 aromatic rings. The quantitative estimate of drug-likeness (QED) is 0.626. The lowest BCUT2D eigenvalue weighted by molar-refractivity contribution is 0.113. The predicted octanol–water partition coefficient (Wildman–Crippen LogP) is 1.59. The Balaban J connectivity index is 2.66. The molecule has 4 nitrogen and oxygen atoms in total. The summed E-state index contributed by atoms with van der Waals surface area (Å²) >= 11 is 1.48. The van der Waals surface area contributed by atoms with Crippen molar-refractivity contribution in [2.45, 2.75) is 37.4 Å². The molecule has 0 spiro atoms. The molecule has 0 aliphatic rings. The molecule has 3 N–H and O–H groups in total. The average molecular weight is 270 g/mol. The molecule has 0 fully saturated rings. The second kappa shape index (κ2) is 8.48. The first kappa shape index (κ1) is 15.4. The van der Waals surface area contributed by atoms with E-state index in [0.29, 0.717) is 5.75 Å². The van der Waals surface area contributed by atoms with E-state index in [1.165, 1.54) is 11.8 Å². The molecule has 2 unspecified atom stereocenters. The highest BCUT2D eigenvalue weighted by Crippen LogP contribution is 2.25. The van der Waals surface area contributed by atoms with E-state index in [0.717, 1.165) is 23.6 Å². The van der Waals surface area contributed by atoms with Gasteiger partial charge in [0.25, 0.3) is 0 Å². The maximum absolute atomic E-state index is 9.38. The molecule has 1 heterocycles. The lowest BCUT2D eigenvalue weighted by Crippen LogP contribution is -2.20. The van der Waals surface area contributed by atoms with E-state index >= 15 is 0 Å². The molecule has 102 valence electrons. The van der Waals surface area contributed by atoms with E-state index in [1.54, 1.807) is 6.20 Å². The molecule has 0 aliphatic heterocycles. The summed E-state index contributed by atoms with van der Waals surface area (Å²) in [6, 6.07) is 4.22. The Morgan fingerprint density at radius 2 is 2.28 bits per heavy atom. The Morgan fingerprint density at radius 1 is 1.50 bits per heavy atom. The van der Waals surface area contributed by atoms with Gasteiger partial charge in [0, 0.05) is 23.6 Å². The van der Waals surface area contributed by atoms with Crippen molar-refractivity contribution in [1.82, 2.24) is 10.3 Å². The maximum atomic E-state index is 9.38. The summed E-state index contributed by atoms with van der Waals surface area (Å²) in [5.74, 6) is 0.459. The molecule has 0 aliphatic carbocycles. The third kappa shape index (κ3) is 4.94. The van der Waals surface area contributed by atoms with Crippen LogP contribution in [0.4, 0.5) is 0 Å². The largest absolute Gasteiger partial charge is 0.394 e. The van der Waals surface area contributed by atoms with E-state index in [2.05, 4.69) is 24.1 Å². The van der Waals surface area contributed by atoms with Gasteiger partial charge in [0.15, 0.2) is 0 Å². The van der Waals surface area contributed by atoms with Crippen LogP contribution in [0.5, 0.6) is 0 Å². The number of aliphatic hydroxyl groups excluding tert-OH is 2. The molecule has 5 heteroatoms. The van der Waals surface area contributed by atoms with Gasteiger partial charge in [0.2, 0.25) is 0 Å². The molecule has 0 radical (unpaired) electrons. The maximum Gasteiger partial charge on any atom is 0.101 e. The van der Waals surface area contributed by atoms with Gasteiger partial charge in [-0.25, -0.2) is 4.98 Å². The number of nitrogens with zero attached hydrogens (tertiary/aromatic N) is 1. The van der Waals surface area contributed by atoms with Crippen LogP contribution in [0.15, 0.2) is 23.4 Å². The van der Waals surface area contributed by atoms with Gasteiger partial charge in [0.05, 0.1) is 12.7 Å². The highest BCUT2D eigenvalue weighted by atomic mass is 32.2. The molecule has 2 atom stereocenters. The van der Waals surface area contributed by atoms with Crippen LogP contribution in [-0.4, -0.2) is 40.2 Å². The second-order valence-corrected chi connectivity index (χ2v) is 5.23. The molecule has 18 heavy (non-hydrogen) atoms. The van der Waals surface area contributed by atoms with Gasteiger partial charge < -0.3 is 15.5 Å². The highest BCUT2D eigenvalue weighted by molar-refractivity contribution is 7.99. The lowest BCUT2D eigenvalue weighted by Gasteiger charge is -2.17. The van der Waals surface area contributed by atoms with Crippen LogP contribution in [0.1, 0.15) is 31.9 Å². The summed E-state index contributed by atoms with van der Waals surface area (Å²) in [6.07, 6.45) is 2.16. The Hall–Kier alpha value is -0.620. The van der Waals surface area contributed by atoms with Crippen molar-refractivity contribution in [2.24, 2.45) is 0 Å². The number of aromatic nitrogens is 1. The molecular weight excluding hydrogens is 248 g/mol. The van der Waals surface area contributed by atoms with Gasteiger partial charge in [-0.15, -0.1) is 11.8 Å². The summed E-state index contributed by atoms with van der Waals surface area (Å²) in [5, 5.41) is 22.5. The fourth-order valence-electron chi connectivity index (χ4n) is 1.55. The molecule has 1 aromatic heterocycles. The molecule has 0 aromatic carbocycles. The molecule has 1 rings (SSSR count). The van der Waals surface area contributed by atoms with Gasteiger partial charge >= 0.3 is 0 Å². The SMILES string of the molecule is CCCNC(C)c1cccnc1SCC(O)CO. The molecule has 0 bridgehead atoms. The van der Waals surface area contributed by atoms with Crippen LogP contribution in [0, 0.1) is 0 Å². The summed E-state index contributed by atoms with van der Waals surface area (Å²) < 4.78 is 0. The van der Waals surface area contributed by atoms with Crippen LogP contribution in [0.3, 0.4) is 0 Å². The topological polar surface area (TPSA) is 65.4 Å². The van der Waals surface area contributed by atoms with Crippen LogP contribution >= 0.6 is 11.8 Å². The average Bonchev–Trinajstić information content (AvgIpc) is 2.42. The Bertz CT molecular complexity index is 350. The minimum absolute atomic E-state index is 0.210. The van der Waals surface area contributed by atoms with Gasteiger partial charge in [-0.2, -0.15) is 0 Å². The molecule has 0 saturated heterocycles. The first-order valence-electron chi connectivity index (χ1n) is 6.29. The first-order valence-corrected chi connectivity index (χ1v) is 7.27. The van der Waals surface area contributed by atoms with E-state index in [-0.39, 0.29) is 12.6 Å². The van der Waals surface area contributed by atoms with Crippen molar-refractivity contribution in [2.75, 3.05) is 18.9 Å². The monoisotopic (exact) mass is 270 g/mol. The standard InChI is InChI=1S/C13H22N2O2S/c1-3-6-14-10(2)12-5-4-7-15-13(12)18-9-11(17)8-16/h4-5,7,10-11,14,16-17H,3,6,8-9H2,1-2H3. The first-order chi connectivity index (χ1) is 8.69. The number of hydrogen-bond donors (Lipinski definition) is 3. The van der Waals surface area contributed by atoms with Crippen LogP contribution in [0.2, 0.25) is 0 Å². The summed E-state index contributed by atoms with van der Waals surface area (Å²) in [4.78, 5) is 4.34. The summed E-state index contributed by atoms with van der Waals surface area (Å²) in [7, 11) is 0. The van der Waals surface area contributed by atoms with Crippen molar-refractivity contribution in [3.05, 3.63) is 23.9 Å². The molecule has 0 amide bonds. The third-order valence-corrected chi connectivity index (χ3v) is 3.76. The van der Waals surface area contributed by atoms with E-state index < -0.39 is 6.10 Å². The third-order valence-electron chi connectivity index (χ3n) is 2.59. The minimum atomic E-state index is -0.691. The number of aliphatic hydroxyl groups is 2. The van der Waals surface area contributed by atoms with Gasteiger partial charge in [-0.3, -0.25) is 0 Å². The summed E-state index contributed by atoms with van der Waals surface area (Å²) in [6.45, 7) is 5.01. The zero-order valence-electron chi connectivity index (χ0n) is 11.0. The Labute approximate surface area is 113 Å².